The summed E-state index contributed by atoms with van der Waals surface area (Å²) in [5, 5.41) is 78.4. The Morgan fingerprint density at radius 2 is 0.593 bits per heavy atom. The fourth-order valence-electron chi connectivity index (χ4n) is 3.87. The number of aliphatic carboxylic acids is 1. The summed E-state index contributed by atoms with van der Waals surface area (Å²) in [5.74, 6) is -12.7. The van der Waals surface area contributed by atoms with E-state index in [0.29, 0.717) is 0 Å². The van der Waals surface area contributed by atoms with E-state index >= 15 is 0 Å². The maximum atomic E-state index is 12.6. The summed E-state index contributed by atoms with van der Waals surface area (Å²) in [4.78, 5) is 144. The molecule has 0 saturated carbocycles. The van der Waals surface area contributed by atoms with E-state index in [1.54, 1.807) is 0 Å². The smallest absolute Gasteiger partial charge is 0.322 e. The second-order valence-corrected chi connectivity index (χ2v) is 11.5. The highest BCUT2D eigenvalue weighted by Gasteiger charge is 2.28. The van der Waals surface area contributed by atoms with Gasteiger partial charge in [-0.05, 0) is 0 Å². The van der Waals surface area contributed by atoms with Crippen LogP contribution in [-0.4, -0.2) is 211 Å². The molecule has 0 radical (unpaired) electrons. The highest BCUT2D eigenvalue weighted by Crippen LogP contribution is 1.92. The number of aliphatic hydroxyl groups excluding tert-OH is 5. The largest absolute Gasteiger partial charge is 0.480 e. The molecular weight excluding hydrogens is 804 g/mol. The van der Waals surface area contributed by atoms with Crippen molar-refractivity contribution in [3.8, 4) is 0 Å². The predicted octanol–water partition coefficient (Wildman–Crippen LogP) is -13.9. The highest BCUT2D eigenvalue weighted by molar-refractivity contribution is 5.97. The number of carbonyl (C=O) groups excluding carboxylic acids is 11. The Labute approximate surface area is 332 Å². The number of carboxylic acid groups (broad SMARTS) is 1. The van der Waals surface area contributed by atoms with Gasteiger partial charge in [0.2, 0.25) is 65.0 Å². The van der Waals surface area contributed by atoms with Crippen LogP contribution < -0.4 is 64.2 Å². The van der Waals surface area contributed by atoms with Crippen LogP contribution >= 0.6 is 0 Å². The van der Waals surface area contributed by atoms with E-state index in [0.717, 1.165) is 0 Å². The molecule has 0 saturated heterocycles. The molecule has 30 nitrogen and oxygen atoms in total. The summed E-state index contributed by atoms with van der Waals surface area (Å²) >= 11 is 0. The fourth-order valence-corrected chi connectivity index (χ4v) is 3.87. The van der Waals surface area contributed by atoms with Crippen LogP contribution in [0.2, 0.25) is 0 Å². The van der Waals surface area contributed by atoms with Crippen LogP contribution in [0.25, 0.3) is 0 Å². The van der Waals surface area contributed by atoms with Crippen molar-refractivity contribution in [2.75, 3.05) is 78.8 Å². The molecular formula is C29H48N12O18. The number of nitrogens with two attached hydrogens (primary N) is 1. The molecule has 0 fully saturated rings. The minimum absolute atomic E-state index is 0.410. The molecule has 0 aliphatic carbocycles. The lowest BCUT2D eigenvalue weighted by atomic mass is 10.2. The summed E-state index contributed by atoms with van der Waals surface area (Å²) in [7, 11) is 0. The molecule has 59 heavy (non-hydrogen) atoms. The van der Waals surface area contributed by atoms with Gasteiger partial charge in [0.15, 0.2) is 0 Å². The predicted molar refractivity (Wildman–Crippen MR) is 190 cm³/mol. The van der Waals surface area contributed by atoms with Crippen molar-refractivity contribution in [3.05, 3.63) is 0 Å². The number of amides is 11. The molecule has 0 bridgehead atoms. The summed E-state index contributed by atoms with van der Waals surface area (Å²) in [6.45, 7) is -10.0. The van der Waals surface area contributed by atoms with Gasteiger partial charge in [0.25, 0.3) is 0 Å². The molecule has 0 aromatic rings. The number of rotatable bonds is 28. The number of hydrogen-bond acceptors (Lipinski definition) is 18. The van der Waals surface area contributed by atoms with E-state index in [4.69, 9.17) is 10.8 Å². The van der Waals surface area contributed by atoms with Crippen LogP contribution in [0, 0.1) is 0 Å². The van der Waals surface area contributed by atoms with Crippen LogP contribution in [0.1, 0.15) is 0 Å². The van der Waals surface area contributed by atoms with Crippen molar-refractivity contribution in [1.29, 1.82) is 0 Å². The SMILES string of the molecule is NCC(=O)NCC(=O)N[C@@H](CO)C(=O)NCC(=O)N[C@@H](CO)C(=O)N[C@@H](CO)C(=O)NCC(=O)N[C@@H](CO)C(=O)NCC(=O)N[C@@H](CO)C(=O)NCC(=O)NCC(=O)O. The van der Waals surface area contributed by atoms with E-state index in [1.165, 1.54) is 0 Å². The molecule has 11 amide bonds. The second-order valence-electron chi connectivity index (χ2n) is 11.5. The summed E-state index contributed by atoms with van der Waals surface area (Å²) in [5.41, 5.74) is 5.08. The average Bonchev–Trinajstić information content (AvgIpc) is 3.21. The Hall–Kier alpha value is -6.60. The van der Waals surface area contributed by atoms with Crippen LogP contribution in [-0.2, 0) is 57.5 Å². The first-order valence-corrected chi connectivity index (χ1v) is 16.9. The van der Waals surface area contributed by atoms with Crippen molar-refractivity contribution in [2.24, 2.45) is 5.73 Å². The van der Waals surface area contributed by atoms with Crippen molar-refractivity contribution in [1.82, 2.24) is 58.5 Å². The minimum Gasteiger partial charge on any atom is -0.480 e. The lowest BCUT2D eigenvalue weighted by Gasteiger charge is -2.21. The standard InChI is InChI=1S/C29H48N12O18/c30-1-18(47)31-3-20(49)37-14(9-43)26(56)35-6-23(52)40-17(12-46)29(59)41-16(11-45)28(58)36-5-22(51)39-15(10-44)27(57)34-4-21(50)38-13(8-42)25(55)33-2-19(48)32-7-24(53)54/h13-17,42-46H,1-12,30H2,(H,31,47)(H,32,48)(H,33,55)(H,34,57)(H,35,56)(H,36,58)(H,37,49)(H,38,50)(H,39,51)(H,40,52)(H,41,59)(H,53,54)/t13-,14-,15-,16-,17-/m0/s1. The van der Waals surface area contributed by atoms with Gasteiger partial charge in [-0.25, -0.2) is 0 Å². The van der Waals surface area contributed by atoms with Gasteiger partial charge in [0.1, 0.15) is 36.8 Å². The summed E-state index contributed by atoms with van der Waals surface area (Å²) < 4.78 is 0. The molecule has 5 atom stereocenters. The molecule has 0 aromatic heterocycles. The molecule has 0 unspecified atom stereocenters. The molecule has 0 aliphatic rings. The van der Waals surface area contributed by atoms with Gasteiger partial charge in [-0.3, -0.25) is 57.5 Å². The van der Waals surface area contributed by atoms with E-state index in [-0.39, 0.29) is 0 Å². The van der Waals surface area contributed by atoms with Gasteiger partial charge >= 0.3 is 5.97 Å². The molecule has 30 heteroatoms. The monoisotopic (exact) mass is 852 g/mol. The zero-order valence-electron chi connectivity index (χ0n) is 31.0. The van der Waals surface area contributed by atoms with E-state index in [9.17, 15) is 83.1 Å². The lowest BCUT2D eigenvalue weighted by Crippen LogP contribution is -2.58. The molecule has 0 aliphatic heterocycles. The van der Waals surface area contributed by atoms with Crippen molar-refractivity contribution >= 4 is 70.9 Å². The van der Waals surface area contributed by atoms with Gasteiger partial charge in [-0.2, -0.15) is 0 Å². The number of carboxylic acids is 1. The van der Waals surface area contributed by atoms with Crippen molar-refractivity contribution in [2.45, 2.75) is 30.2 Å². The van der Waals surface area contributed by atoms with Gasteiger partial charge in [-0.1, -0.05) is 0 Å². The zero-order chi connectivity index (χ0) is 45.1. The van der Waals surface area contributed by atoms with Gasteiger partial charge in [0, 0.05) is 0 Å². The van der Waals surface area contributed by atoms with Gasteiger partial charge < -0.3 is 94.9 Å². The van der Waals surface area contributed by atoms with Gasteiger partial charge in [-0.15, -0.1) is 0 Å². The minimum atomic E-state index is -1.78. The molecule has 0 rings (SSSR count). The third kappa shape index (κ3) is 22.1. The van der Waals surface area contributed by atoms with Crippen LogP contribution in [0.5, 0.6) is 0 Å². The van der Waals surface area contributed by atoms with Gasteiger partial charge in [0.05, 0.1) is 72.3 Å². The topological polar surface area (TPSA) is 485 Å². The molecule has 0 heterocycles. The Balaban J connectivity index is 4.91. The lowest BCUT2D eigenvalue weighted by molar-refractivity contribution is -0.138. The Bertz CT molecular complexity index is 1530. The van der Waals surface area contributed by atoms with Crippen LogP contribution in [0.15, 0.2) is 0 Å². The molecule has 332 valence electrons. The number of nitrogens with one attached hydrogen (secondary N) is 11. The second kappa shape index (κ2) is 28.7. The van der Waals surface area contributed by atoms with E-state index < -0.39 is 180 Å². The molecule has 19 N–H and O–H groups in total. The van der Waals surface area contributed by atoms with Crippen molar-refractivity contribution < 1.29 is 88.2 Å². The average molecular weight is 853 g/mol. The Morgan fingerprint density at radius 1 is 0.339 bits per heavy atom. The van der Waals surface area contributed by atoms with E-state index in [1.807, 2.05) is 42.5 Å². The normalized spacial score (nSPS) is 12.9. The molecule has 0 spiro atoms. The van der Waals surface area contributed by atoms with Crippen LogP contribution in [0.4, 0.5) is 0 Å². The Morgan fingerprint density at radius 3 is 0.881 bits per heavy atom. The summed E-state index contributed by atoms with van der Waals surface area (Å²) in [6, 6.07) is -8.40. The first-order valence-electron chi connectivity index (χ1n) is 16.9. The third-order valence-electron chi connectivity index (χ3n) is 6.91. The van der Waals surface area contributed by atoms with Crippen LogP contribution in [0.3, 0.4) is 0 Å². The summed E-state index contributed by atoms with van der Waals surface area (Å²) in [6.07, 6.45) is 0. The number of hydrogen-bond donors (Lipinski definition) is 18. The third-order valence-corrected chi connectivity index (χ3v) is 6.91. The quantitative estimate of drug-likeness (QED) is 0.0347. The maximum absolute atomic E-state index is 12.6. The van der Waals surface area contributed by atoms with E-state index in [2.05, 4.69) is 16.0 Å². The molecule has 0 aromatic carbocycles. The highest BCUT2D eigenvalue weighted by atomic mass is 16.4. The number of aliphatic hydroxyl groups is 5. The Kier molecular flexibility index (Phi) is 25.5. The zero-order valence-corrected chi connectivity index (χ0v) is 31.0. The number of carbonyl (C=O) groups is 12. The van der Waals surface area contributed by atoms with Crippen molar-refractivity contribution in [3.63, 3.8) is 0 Å². The maximum Gasteiger partial charge on any atom is 0.322 e. The fraction of sp³-hybridized carbons (Fsp3) is 0.586. The first-order chi connectivity index (χ1) is 27.8. The first kappa shape index (κ1) is 52.4.